The van der Waals surface area contributed by atoms with Gasteiger partial charge in [-0.3, -0.25) is 0 Å². The summed E-state index contributed by atoms with van der Waals surface area (Å²) in [6, 6.07) is 8.49. The number of para-hydroxylation sites is 1. The molecule has 1 aliphatic carbocycles. The van der Waals surface area contributed by atoms with E-state index in [-0.39, 0.29) is 47.2 Å². The second kappa shape index (κ2) is 12.2. The van der Waals surface area contributed by atoms with E-state index in [4.69, 9.17) is 14.4 Å². The fraction of sp³-hybridized carbons (Fsp3) is 0.387. The van der Waals surface area contributed by atoms with Crippen molar-refractivity contribution in [2.75, 3.05) is 11.4 Å². The van der Waals surface area contributed by atoms with Crippen LogP contribution in [-0.4, -0.2) is 46.3 Å². The van der Waals surface area contributed by atoms with Gasteiger partial charge < -0.3 is 24.0 Å². The summed E-state index contributed by atoms with van der Waals surface area (Å²) in [7, 11) is 0. The van der Waals surface area contributed by atoms with Gasteiger partial charge in [-0.25, -0.2) is 9.78 Å². The number of hydrogen-bond donors (Lipinski definition) is 1. The fourth-order valence-corrected chi connectivity index (χ4v) is 6.59. The van der Waals surface area contributed by atoms with Gasteiger partial charge in [0, 0.05) is 40.6 Å². The number of benzene rings is 2. The lowest BCUT2D eigenvalue weighted by Crippen LogP contribution is -2.43. The molecule has 0 amide bonds. The minimum atomic E-state index is -4.89. The number of hydrogen-bond acceptors (Lipinski definition) is 8. The second-order valence-corrected chi connectivity index (χ2v) is 12.1. The monoisotopic (exact) mass is 667 g/mol. The van der Waals surface area contributed by atoms with Crippen LogP contribution < -0.4 is 9.64 Å². The first-order valence-corrected chi connectivity index (χ1v) is 15.3. The quantitative estimate of drug-likeness (QED) is 0.178. The van der Waals surface area contributed by atoms with Crippen molar-refractivity contribution < 1.29 is 50.2 Å². The van der Waals surface area contributed by atoms with Crippen LogP contribution in [0.3, 0.4) is 0 Å². The first-order chi connectivity index (χ1) is 21.8. The zero-order chi connectivity index (χ0) is 32.8. The number of alkyl halides is 6. The number of piperidine rings is 1. The zero-order valence-corrected chi connectivity index (χ0v) is 25.0. The van der Waals surface area contributed by atoms with Crippen molar-refractivity contribution in [3.8, 4) is 28.3 Å². The van der Waals surface area contributed by atoms with Crippen LogP contribution in [0.4, 0.5) is 31.5 Å². The lowest BCUT2D eigenvalue weighted by Gasteiger charge is -2.37. The number of carboxylic acid groups (broad SMARTS) is 1. The number of anilines is 1. The molecular weight excluding hydrogens is 640 g/mol. The molecule has 6 rings (SSSR count). The summed E-state index contributed by atoms with van der Waals surface area (Å²) in [6.07, 6.45) is -7.00. The van der Waals surface area contributed by atoms with E-state index in [1.165, 1.54) is 34.9 Å². The predicted octanol–water partition coefficient (Wildman–Crippen LogP) is 8.53. The first-order valence-electron chi connectivity index (χ1n) is 14.4. The number of halogens is 6. The maximum absolute atomic E-state index is 13.8. The summed E-state index contributed by atoms with van der Waals surface area (Å²) in [4.78, 5) is 17.7. The molecule has 2 aliphatic rings. The van der Waals surface area contributed by atoms with Gasteiger partial charge in [0.05, 0.1) is 29.5 Å². The van der Waals surface area contributed by atoms with Crippen LogP contribution in [-0.2, 0) is 17.5 Å². The van der Waals surface area contributed by atoms with Gasteiger partial charge in [0.2, 0.25) is 0 Å². The van der Waals surface area contributed by atoms with E-state index >= 15 is 0 Å². The Morgan fingerprint density at radius 2 is 1.85 bits per heavy atom. The third-order valence-electron chi connectivity index (χ3n) is 8.01. The normalized spacial score (nSPS) is 19.0. The van der Waals surface area contributed by atoms with Crippen LogP contribution in [0.5, 0.6) is 5.75 Å². The average Bonchev–Trinajstić information content (AvgIpc) is 3.56. The van der Waals surface area contributed by atoms with Crippen LogP contribution >= 0.6 is 11.3 Å². The van der Waals surface area contributed by atoms with Gasteiger partial charge in [0.25, 0.3) is 0 Å². The highest BCUT2D eigenvalue weighted by atomic mass is 32.1. The molecule has 4 aromatic rings. The average molecular weight is 668 g/mol. The van der Waals surface area contributed by atoms with Gasteiger partial charge in [0.1, 0.15) is 17.2 Å². The molecule has 0 unspecified atom stereocenters. The van der Waals surface area contributed by atoms with E-state index in [2.05, 4.69) is 14.9 Å². The summed E-state index contributed by atoms with van der Waals surface area (Å²) < 4.78 is 96.8. The second-order valence-electron chi connectivity index (χ2n) is 11.3. The van der Waals surface area contributed by atoms with E-state index in [1.807, 2.05) is 11.8 Å². The summed E-state index contributed by atoms with van der Waals surface area (Å²) in [5.41, 5.74) is -0.698. The molecule has 0 spiro atoms. The van der Waals surface area contributed by atoms with Crippen LogP contribution in [0.1, 0.15) is 65.8 Å². The molecule has 1 saturated carbocycles. The van der Waals surface area contributed by atoms with E-state index in [1.54, 1.807) is 6.07 Å². The molecule has 2 atom stereocenters. The van der Waals surface area contributed by atoms with Gasteiger partial charge >= 0.3 is 18.5 Å². The molecule has 0 bridgehead atoms. The lowest BCUT2D eigenvalue weighted by molar-refractivity contribution is -0.274. The highest BCUT2D eigenvalue weighted by Crippen LogP contribution is 2.46. The summed E-state index contributed by atoms with van der Waals surface area (Å²) in [5.74, 6) is -1.14. The summed E-state index contributed by atoms with van der Waals surface area (Å²) in [6.45, 7) is 2.51. The van der Waals surface area contributed by atoms with Gasteiger partial charge in [-0.1, -0.05) is 23.4 Å². The Morgan fingerprint density at radius 1 is 1.09 bits per heavy atom. The van der Waals surface area contributed by atoms with Crippen molar-refractivity contribution in [2.45, 2.75) is 69.8 Å². The number of carboxylic acids is 1. The van der Waals surface area contributed by atoms with E-state index in [0.29, 0.717) is 41.9 Å². The largest absolute Gasteiger partial charge is 0.573 e. The molecule has 1 aliphatic heterocycles. The topological polar surface area (TPSA) is 97.9 Å². The maximum Gasteiger partial charge on any atom is 0.573 e. The number of carbonyl (C=O) groups is 1. The van der Waals surface area contributed by atoms with Gasteiger partial charge in [-0.15, -0.1) is 24.5 Å². The van der Waals surface area contributed by atoms with Crippen LogP contribution in [0.15, 0.2) is 52.4 Å². The minimum absolute atomic E-state index is 0.0658. The van der Waals surface area contributed by atoms with Gasteiger partial charge in [0.15, 0.2) is 5.13 Å². The number of aromatic carboxylic acids is 1. The molecule has 1 saturated heterocycles. The maximum atomic E-state index is 13.8. The third-order valence-corrected chi connectivity index (χ3v) is 8.89. The Bertz CT molecular complexity index is 1730. The van der Waals surface area contributed by atoms with E-state index in [9.17, 15) is 31.1 Å². The third kappa shape index (κ3) is 6.84. The summed E-state index contributed by atoms with van der Waals surface area (Å²) >= 11 is 1.19. The number of rotatable bonds is 9. The van der Waals surface area contributed by atoms with Crippen molar-refractivity contribution in [3.05, 3.63) is 70.3 Å². The Hall–Kier alpha value is -4.11. The smallest absolute Gasteiger partial charge is 0.478 e. The number of aromatic nitrogens is 2. The van der Waals surface area contributed by atoms with Gasteiger partial charge in [-0.05, 0) is 56.9 Å². The number of nitrogens with zero attached hydrogens (tertiary/aromatic N) is 3. The Balaban J connectivity index is 1.16. The molecule has 1 N–H and O–H groups in total. The molecule has 244 valence electrons. The molecule has 46 heavy (non-hydrogen) atoms. The first kappa shape index (κ1) is 31.9. The predicted molar refractivity (Wildman–Crippen MR) is 155 cm³/mol. The zero-order valence-electron chi connectivity index (χ0n) is 24.2. The molecule has 15 heteroatoms. The Morgan fingerprint density at radius 3 is 2.52 bits per heavy atom. The van der Waals surface area contributed by atoms with Crippen LogP contribution in [0, 0.1) is 0 Å². The Kier molecular flexibility index (Phi) is 8.48. The lowest BCUT2D eigenvalue weighted by atomic mass is 10.0. The molecule has 8 nitrogen and oxygen atoms in total. The number of thiazole rings is 1. The van der Waals surface area contributed by atoms with Gasteiger partial charge in [-0.2, -0.15) is 13.2 Å². The standard InChI is InChI=1S/C31H27F6N3O5S/c1-16-12-19(10-11-40(16)29-38-24(15-46-29)20-9-8-18(28(41)42)13-23(20)30(32,33)34)43-14-22-26(39-45-27(22)17-6-7-17)21-4-2-3-5-25(21)44-31(35,36)37/h2-5,8-9,13,15-17,19H,6-7,10-12,14H2,1H3,(H,41,42)/t16-,19-/m1/s1. The highest BCUT2D eigenvalue weighted by Gasteiger charge is 2.38. The van der Waals surface area contributed by atoms with Crippen molar-refractivity contribution >= 4 is 22.4 Å². The minimum Gasteiger partial charge on any atom is -0.478 e. The van der Waals surface area contributed by atoms with Crippen LogP contribution in [0.25, 0.3) is 22.5 Å². The fourth-order valence-electron chi connectivity index (χ4n) is 5.64. The van der Waals surface area contributed by atoms with E-state index in [0.717, 1.165) is 25.0 Å². The Labute approximate surface area is 262 Å². The van der Waals surface area contributed by atoms with Crippen molar-refractivity contribution in [1.82, 2.24) is 10.1 Å². The van der Waals surface area contributed by atoms with Crippen molar-refractivity contribution in [3.63, 3.8) is 0 Å². The highest BCUT2D eigenvalue weighted by molar-refractivity contribution is 7.14. The van der Waals surface area contributed by atoms with Crippen molar-refractivity contribution in [1.29, 1.82) is 0 Å². The number of ether oxygens (including phenoxy) is 2. The SMILES string of the molecule is C[C@@H]1C[C@H](OCc2c(-c3ccccc3OC(F)(F)F)noc2C2CC2)CCN1c1nc(-c2ccc(C(=O)O)cc2C(F)(F)F)cs1. The molecular formula is C31H27F6N3O5S. The summed E-state index contributed by atoms with van der Waals surface area (Å²) in [5, 5.41) is 15.3. The molecule has 0 radical (unpaired) electrons. The molecule has 2 aromatic carbocycles. The van der Waals surface area contributed by atoms with Crippen LogP contribution in [0.2, 0.25) is 0 Å². The molecule has 2 fully saturated rings. The van der Waals surface area contributed by atoms with E-state index < -0.39 is 35.4 Å². The molecule has 3 heterocycles. The molecule has 2 aromatic heterocycles. The van der Waals surface area contributed by atoms with Crippen molar-refractivity contribution in [2.24, 2.45) is 0 Å².